The molecule has 1 fully saturated rings. The molecule has 6 heteroatoms. The molecule has 0 spiro atoms. The molecule has 2 N–H and O–H groups in total. The van der Waals surface area contributed by atoms with Gasteiger partial charge >= 0.3 is 12.0 Å². The summed E-state index contributed by atoms with van der Waals surface area (Å²) in [5.74, 6) is -0.476. The van der Waals surface area contributed by atoms with E-state index in [2.05, 4.69) is 5.32 Å². The van der Waals surface area contributed by atoms with E-state index in [1.165, 1.54) is 0 Å². The maximum atomic E-state index is 12.3. The molecule has 20 heavy (non-hydrogen) atoms. The average molecular weight is 285 g/mol. The van der Waals surface area contributed by atoms with Gasteiger partial charge < -0.3 is 20.2 Å². The Morgan fingerprint density at radius 3 is 2.25 bits per heavy atom. The molecule has 0 aromatic heterocycles. The van der Waals surface area contributed by atoms with Gasteiger partial charge in [-0.1, -0.05) is 13.8 Å². The van der Waals surface area contributed by atoms with Gasteiger partial charge in [-0.3, -0.25) is 0 Å². The number of carbonyl (C=O) groups is 2. The van der Waals surface area contributed by atoms with Crippen LogP contribution >= 0.6 is 0 Å². The van der Waals surface area contributed by atoms with E-state index in [1.807, 2.05) is 32.8 Å². The maximum Gasteiger partial charge on any atom is 0.326 e. The molecule has 1 saturated carbocycles. The number of rotatable bonds is 8. The smallest absolute Gasteiger partial charge is 0.326 e. The van der Waals surface area contributed by atoms with Crippen LogP contribution in [-0.2, 0) is 4.79 Å². The summed E-state index contributed by atoms with van der Waals surface area (Å²) in [5, 5.41) is 11.8. The van der Waals surface area contributed by atoms with Crippen LogP contribution in [0.3, 0.4) is 0 Å². The van der Waals surface area contributed by atoms with E-state index in [1.54, 1.807) is 4.90 Å². The van der Waals surface area contributed by atoms with E-state index in [9.17, 15) is 14.7 Å². The van der Waals surface area contributed by atoms with Crippen LogP contribution in [0, 0.1) is 11.8 Å². The number of aliphatic carboxylic acids is 1. The van der Waals surface area contributed by atoms with E-state index in [0.717, 1.165) is 19.4 Å². The van der Waals surface area contributed by atoms with Crippen molar-refractivity contribution in [3.8, 4) is 0 Å². The summed E-state index contributed by atoms with van der Waals surface area (Å²) in [6.45, 7) is 6.10. The van der Waals surface area contributed by atoms with Crippen LogP contribution in [0.2, 0.25) is 0 Å². The van der Waals surface area contributed by atoms with Crippen molar-refractivity contribution in [3.63, 3.8) is 0 Å². The zero-order valence-corrected chi connectivity index (χ0v) is 12.9. The fourth-order valence-corrected chi connectivity index (χ4v) is 2.07. The van der Waals surface area contributed by atoms with Crippen molar-refractivity contribution in [2.75, 3.05) is 33.7 Å². The number of nitrogens with one attached hydrogen (secondary N) is 1. The lowest BCUT2D eigenvalue weighted by atomic mass is 10.2. The lowest BCUT2D eigenvalue weighted by Crippen LogP contribution is -2.51. The molecule has 0 bridgehead atoms. The molecule has 0 aromatic rings. The van der Waals surface area contributed by atoms with Crippen molar-refractivity contribution < 1.29 is 14.7 Å². The lowest BCUT2D eigenvalue weighted by molar-refractivity contribution is -0.139. The summed E-state index contributed by atoms with van der Waals surface area (Å²) in [5.41, 5.74) is 0. The molecule has 0 saturated heterocycles. The van der Waals surface area contributed by atoms with E-state index >= 15 is 0 Å². The molecule has 6 nitrogen and oxygen atoms in total. The minimum absolute atomic E-state index is 0.103. The van der Waals surface area contributed by atoms with Crippen molar-refractivity contribution in [1.29, 1.82) is 0 Å². The lowest BCUT2D eigenvalue weighted by Gasteiger charge is -2.27. The normalized spacial score (nSPS) is 16.3. The molecule has 1 aliphatic rings. The number of likely N-dealkylation sites (N-methyl/N-ethyl adjacent to an activating group) is 1. The fraction of sp³-hybridized carbons (Fsp3) is 0.857. The SMILES string of the molecule is CC(C)CN(CCN(C)C)C(=O)NC(C(=O)O)C1CC1. The van der Waals surface area contributed by atoms with Gasteiger partial charge in [-0.2, -0.15) is 0 Å². The Morgan fingerprint density at radius 1 is 1.25 bits per heavy atom. The van der Waals surface area contributed by atoms with E-state index in [-0.39, 0.29) is 11.9 Å². The number of amides is 2. The Hall–Kier alpha value is -1.30. The Bertz CT molecular complexity index is 341. The number of carboxylic acids is 1. The summed E-state index contributed by atoms with van der Waals surface area (Å²) < 4.78 is 0. The van der Waals surface area contributed by atoms with Gasteiger partial charge in [0.1, 0.15) is 6.04 Å². The minimum atomic E-state index is -0.932. The third-order valence-corrected chi connectivity index (χ3v) is 3.33. The molecule has 1 atom stereocenters. The highest BCUT2D eigenvalue weighted by atomic mass is 16.4. The molecule has 1 rings (SSSR count). The predicted octanol–water partition coefficient (Wildman–Crippen LogP) is 1.08. The molecule has 116 valence electrons. The van der Waals surface area contributed by atoms with E-state index in [4.69, 9.17) is 0 Å². The number of carbonyl (C=O) groups excluding carboxylic acids is 1. The van der Waals surface area contributed by atoms with Crippen LogP contribution in [-0.4, -0.2) is 66.7 Å². The largest absolute Gasteiger partial charge is 0.480 e. The highest BCUT2D eigenvalue weighted by Gasteiger charge is 2.38. The summed E-state index contributed by atoms with van der Waals surface area (Å²) in [7, 11) is 3.91. The first-order valence-corrected chi connectivity index (χ1v) is 7.24. The molecule has 0 heterocycles. The van der Waals surface area contributed by atoms with Gasteiger partial charge in [0.2, 0.25) is 0 Å². The Labute approximate surface area is 121 Å². The molecule has 2 amide bonds. The number of hydrogen-bond acceptors (Lipinski definition) is 3. The number of nitrogens with zero attached hydrogens (tertiary/aromatic N) is 2. The molecule has 0 aromatic carbocycles. The number of urea groups is 1. The molecular formula is C14H27N3O3. The molecule has 1 unspecified atom stereocenters. The van der Waals surface area contributed by atoms with E-state index < -0.39 is 12.0 Å². The van der Waals surface area contributed by atoms with Crippen molar-refractivity contribution in [2.45, 2.75) is 32.7 Å². The van der Waals surface area contributed by atoms with Gasteiger partial charge in [0.15, 0.2) is 0 Å². The Kier molecular flexibility index (Phi) is 6.26. The van der Waals surface area contributed by atoms with Gasteiger partial charge in [-0.05, 0) is 38.8 Å². The third-order valence-electron chi connectivity index (χ3n) is 3.33. The second kappa shape index (κ2) is 7.47. The minimum Gasteiger partial charge on any atom is -0.480 e. The summed E-state index contributed by atoms with van der Waals surface area (Å²) in [6, 6.07) is -1.00. The standard InChI is InChI=1S/C14H27N3O3/c1-10(2)9-17(8-7-16(3)4)14(20)15-12(13(18)19)11-5-6-11/h10-12H,5-9H2,1-4H3,(H,15,20)(H,18,19). The first-order chi connectivity index (χ1) is 9.31. The monoisotopic (exact) mass is 285 g/mol. The fourth-order valence-electron chi connectivity index (χ4n) is 2.07. The van der Waals surface area contributed by atoms with Crippen LogP contribution in [0.4, 0.5) is 4.79 Å². The van der Waals surface area contributed by atoms with Gasteiger partial charge in [-0.15, -0.1) is 0 Å². The summed E-state index contributed by atoms with van der Waals surface area (Å²) >= 11 is 0. The number of hydrogen-bond donors (Lipinski definition) is 2. The molecular weight excluding hydrogens is 258 g/mol. The molecule has 1 aliphatic carbocycles. The first kappa shape index (κ1) is 16.8. The van der Waals surface area contributed by atoms with Crippen molar-refractivity contribution in [1.82, 2.24) is 15.1 Å². The zero-order chi connectivity index (χ0) is 15.3. The third kappa shape index (κ3) is 5.77. The zero-order valence-electron chi connectivity index (χ0n) is 12.9. The summed E-state index contributed by atoms with van der Waals surface area (Å²) in [6.07, 6.45) is 1.78. The van der Waals surface area contributed by atoms with Crippen molar-refractivity contribution in [3.05, 3.63) is 0 Å². The quantitative estimate of drug-likeness (QED) is 0.700. The first-order valence-electron chi connectivity index (χ1n) is 7.24. The van der Waals surface area contributed by atoms with Crippen LogP contribution in [0.5, 0.6) is 0 Å². The average Bonchev–Trinajstić information content (AvgIpc) is 3.14. The van der Waals surface area contributed by atoms with E-state index in [0.29, 0.717) is 19.0 Å². The predicted molar refractivity (Wildman–Crippen MR) is 77.6 cm³/mol. The second-order valence-corrected chi connectivity index (χ2v) is 6.25. The van der Waals surface area contributed by atoms with Crippen molar-refractivity contribution in [2.24, 2.45) is 11.8 Å². The topological polar surface area (TPSA) is 72.9 Å². The van der Waals surface area contributed by atoms with Crippen molar-refractivity contribution >= 4 is 12.0 Å². The van der Waals surface area contributed by atoms with Gasteiger partial charge in [0.05, 0.1) is 0 Å². The Morgan fingerprint density at radius 2 is 1.85 bits per heavy atom. The highest BCUT2D eigenvalue weighted by molar-refractivity contribution is 5.83. The van der Waals surface area contributed by atoms with Gasteiger partial charge in [0.25, 0.3) is 0 Å². The highest BCUT2D eigenvalue weighted by Crippen LogP contribution is 2.32. The maximum absolute atomic E-state index is 12.3. The van der Waals surface area contributed by atoms with Gasteiger partial charge in [0, 0.05) is 19.6 Å². The van der Waals surface area contributed by atoms with Crippen LogP contribution in [0.25, 0.3) is 0 Å². The van der Waals surface area contributed by atoms with Crippen LogP contribution in [0.15, 0.2) is 0 Å². The number of carboxylic acid groups (broad SMARTS) is 1. The van der Waals surface area contributed by atoms with Crippen LogP contribution < -0.4 is 5.32 Å². The Balaban J connectivity index is 2.58. The van der Waals surface area contributed by atoms with Gasteiger partial charge in [-0.25, -0.2) is 9.59 Å². The summed E-state index contributed by atoms with van der Waals surface area (Å²) in [4.78, 5) is 27.2. The molecule has 0 radical (unpaired) electrons. The second-order valence-electron chi connectivity index (χ2n) is 6.25. The molecule has 0 aliphatic heterocycles. The van der Waals surface area contributed by atoms with Crippen LogP contribution in [0.1, 0.15) is 26.7 Å².